The van der Waals surface area contributed by atoms with Crippen molar-refractivity contribution in [2.45, 2.75) is 0 Å². The van der Waals surface area contributed by atoms with Crippen molar-refractivity contribution in [3.05, 3.63) is 41.7 Å². The molecule has 0 unspecified atom stereocenters. The SMILES string of the molecule is C=CCNc1ccc(F)cc1Cl. The number of halogens is 2. The first-order valence-electron chi connectivity index (χ1n) is 3.54. The van der Waals surface area contributed by atoms with Crippen molar-refractivity contribution in [1.29, 1.82) is 0 Å². The fourth-order valence-corrected chi connectivity index (χ4v) is 1.05. The summed E-state index contributed by atoms with van der Waals surface area (Å²) in [6.45, 7) is 4.16. The second-order valence-electron chi connectivity index (χ2n) is 2.29. The van der Waals surface area contributed by atoms with E-state index in [-0.39, 0.29) is 5.82 Å². The van der Waals surface area contributed by atoms with Crippen molar-refractivity contribution in [2.75, 3.05) is 11.9 Å². The Kier molecular flexibility index (Phi) is 3.11. The molecule has 0 saturated heterocycles. The Hall–Kier alpha value is -1.02. The van der Waals surface area contributed by atoms with Gasteiger partial charge in [0.15, 0.2) is 0 Å². The van der Waals surface area contributed by atoms with Gasteiger partial charge in [-0.2, -0.15) is 0 Å². The van der Waals surface area contributed by atoms with E-state index in [2.05, 4.69) is 11.9 Å². The summed E-state index contributed by atoms with van der Waals surface area (Å²) < 4.78 is 12.5. The summed E-state index contributed by atoms with van der Waals surface area (Å²) in [5.41, 5.74) is 0.720. The zero-order chi connectivity index (χ0) is 8.97. The van der Waals surface area contributed by atoms with E-state index in [0.29, 0.717) is 11.6 Å². The summed E-state index contributed by atoms with van der Waals surface area (Å²) in [4.78, 5) is 0. The molecule has 0 saturated carbocycles. The van der Waals surface area contributed by atoms with Gasteiger partial charge in [0.25, 0.3) is 0 Å². The molecule has 1 aromatic carbocycles. The van der Waals surface area contributed by atoms with Crippen LogP contribution in [0.2, 0.25) is 5.02 Å². The van der Waals surface area contributed by atoms with Crippen molar-refractivity contribution < 1.29 is 4.39 Å². The highest BCUT2D eigenvalue weighted by molar-refractivity contribution is 6.33. The Bertz CT molecular complexity index is 286. The molecule has 1 nitrogen and oxygen atoms in total. The fourth-order valence-electron chi connectivity index (χ4n) is 0.815. The maximum atomic E-state index is 12.5. The Morgan fingerprint density at radius 1 is 1.58 bits per heavy atom. The van der Waals surface area contributed by atoms with E-state index in [0.717, 1.165) is 5.69 Å². The van der Waals surface area contributed by atoms with Crippen LogP contribution in [0.1, 0.15) is 0 Å². The highest BCUT2D eigenvalue weighted by Gasteiger charge is 1.98. The maximum Gasteiger partial charge on any atom is 0.124 e. The van der Waals surface area contributed by atoms with Crippen LogP contribution in [-0.4, -0.2) is 6.54 Å². The molecule has 0 radical (unpaired) electrons. The molecule has 0 fully saturated rings. The van der Waals surface area contributed by atoms with Gasteiger partial charge in [-0.3, -0.25) is 0 Å². The quantitative estimate of drug-likeness (QED) is 0.714. The number of nitrogens with one attached hydrogen (secondary N) is 1. The average Bonchev–Trinajstić information content (AvgIpc) is 2.03. The molecule has 0 aliphatic heterocycles. The monoisotopic (exact) mass is 185 g/mol. The van der Waals surface area contributed by atoms with Crippen LogP contribution in [0.25, 0.3) is 0 Å². The van der Waals surface area contributed by atoms with Gasteiger partial charge in [0, 0.05) is 6.54 Å². The van der Waals surface area contributed by atoms with Crippen LogP contribution in [0.15, 0.2) is 30.9 Å². The predicted molar refractivity (Wildman–Crippen MR) is 50.1 cm³/mol. The molecule has 0 aliphatic rings. The van der Waals surface area contributed by atoms with Crippen LogP contribution >= 0.6 is 11.6 Å². The molecule has 0 heterocycles. The predicted octanol–water partition coefficient (Wildman–Crippen LogP) is 3.08. The van der Waals surface area contributed by atoms with Crippen LogP contribution in [0.5, 0.6) is 0 Å². The molecule has 0 spiro atoms. The molecular weight excluding hydrogens is 177 g/mol. The van der Waals surface area contributed by atoms with E-state index in [1.165, 1.54) is 12.1 Å². The summed E-state index contributed by atoms with van der Waals surface area (Å²) in [5, 5.41) is 3.36. The van der Waals surface area contributed by atoms with Gasteiger partial charge in [-0.15, -0.1) is 6.58 Å². The number of benzene rings is 1. The summed E-state index contributed by atoms with van der Waals surface area (Å²) in [7, 11) is 0. The molecular formula is C9H9ClFN. The van der Waals surface area contributed by atoms with Crippen molar-refractivity contribution >= 4 is 17.3 Å². The first-order valence-corrected chi connectivity index (χ1v) is 3.91. The van der Waals surface area contributed by atoms with Crippen LogP contribution in [0.4, 0.5) is 10.1 Å². The van der Waals surface area contributed by atoms with Crippen LogP contribution in [0.3, 0.4) is 0 Å². The number of hydrogen-bond acceptors (Lipinski definition) is 1. The molecule has 0 aliphatic carbocycles. The zero-order valence-electron chi connectivity index (χ0n) is 6.48. The Morgan fingerprint density at radius 2 is 2.33 bits per heavy atom. The minimum absolute atomic E-state index is 0.329. The Labute approximate surface area is 75.9 Å². The Balaban J connectivity index is 2.78. The van der Waals surface area contributed by atoms with Crippen molar-refractivity contribution in [3.8, 4) is 0 Å². The minimum Gasteiger partial charge on any atom is -0.380 e. The highest BCUT2D eigenvalue weighted by atomic mass is 35.5. The summed E-state index contributed by atoms with van der Waals surface area (Å²) in [6.07, 6.45) is 1.71. The molecule has 0 amide bonds. The molecule has 0 bridgehead atoms. The highest BCUT2D eigenvalue weighted by Crippen LogP contribution is 2.21. The van der Waals surface area contributed by atoms with E-state index in [4.69, 9.17) is 11.6 Å². The molecule has 1 rings (SSSR count). The second kappa shape index (κ2) is 4.12. The van der Waals surface area contributed by atoms with Gasteiger partial charge in [0.1, 0.15) is 5.82 Å². The fraction of sp³-hybridized carbons (Fsp3) is 0.111. The summed E-state index contributed by atoms with van der Waals surface area (Å²) in [6, 6.07) is 4.23. The molecule has 12 heavy (non-hydrogen) atoms. The van der Waals surface area contributed by atoms with Crippen molar-refractivity contribution in [2.24, 2.45) is 0 Å². The summed E-state index contributed by atoms with van der Waals surface area (Å²) >= 11 is 5.73. The largest absolute Gasteiger partial charge is 0.380 e. The standard InChI is InChI=1S/C9H9ClFN/c1-2-5-12-9-4-3-7(11)6-8(9)10/h2-4,6,12H,1,5H2. The lowest BCUT2D eigenvalue weighted by molar-refractivity contribution is 0.628. The third-order valence-corrected chi connectivity index (χ3v) is 1.68. The molecule has 0 atom stereocenters. The average molecular weight is 186 g/mol. The van der Waals surface area contributed by atoms with E-state index in [1.807, 2.05) is 0 Å². The smallest absolute Gasteiger partial charge is 0.124 e. The van der Waals surface area contributed by atoms with Gasteiger partial charge in [-0.1, -0.05) is 17.7 Å². The van der Waals surface area contributed by atoms with Gasteiger partial charge < -0.3 is 5.32 Å². The normalized spacial score (nSPS) is 9.50. The molecule has 0 aromatic heterocycles. The lowest BCUT2D eigenvalue weighted by atomic mass is 10.3. The van der Waals surface area contributed by atoms with Gasteiger partial charge in [0.05, 0.1) is 10.7 Å². The van der Waals surface area contributed by atoms with Gasteiger partial charge in [-0.05, 0) is 18.2 Å². The maximum absolute atomic E-state index is 12.5. The van der Waals surface area contributed by atoms with E-state index in [9.17, 15) is 4.39 Å². The number of rotatable bonds is 3. The molecule has 64 valence electrons. The van der Waals surface area contributed by atoms with Crippen molar-refractivity contribution in [3.63, 3.8) is 0 Å². The molecule has 1 N–H and O–H groups in total. The van der Waals surface area contributed by atoms with E-state index in [1.54, 1.807) is 12.1 Å². The van der Waals surface area contributed by atoms with E-state index >= 15 is 0 Å². The van der Waals surface area contributed by atoms with Gasteiger partial charge in [-0.25, -0.2) is 4.39 Å². The van der Waals surface area contributed by atoms with Crippen LogP contribution in [0, 0.1) is 5.82 Å². The third kappa shape index (κ3) is 2.24. The first kappa shape index (κ1) is 9.07. The lowest BCUT2D eigenvalue weighted by Crippen LogP contribution is -1.98. The Morgan fingerprint density at radius 3 is 2.92 bits per heavy atom. The van der Waals surface area contributed by atoms with Crippen molar-refractivity contribution in [1.82, 2.24) is 0 Å². The third-order valence-electron chi connectivity index (χ3n) is 1.37. The molecule has 1 aromatic rings. The first-order chi connectivity index (χ1) is 5.74. The van der Waals surface area contributed by atoms with Crippen LogP contribution < -0.4 is 5.32 Å². The summed E-state index contributed by atoms with van der Waals surface area (Å²) in [5.74, 6) is -0.329. The van der Waals surface area contributed by atoms with Crippen LogP contribution in [-0.2, 0) is 0 Å². The minimum atomic E-state index is -0.329. The van der Waals surface area contributed by atoms with Gasteiger partial charge >= 0.3 is 0 Å². The zero-order valence-corrected chi connectivity index (χ0v) is 7.24. The second-order valence-corrected chi connectivity index (χ2v) is 2.70. The topological polar surface area (TPSA) is 12.0 Å². The number of hydrogen-bond donors (Lipinski definition) is 1. The van der Waals surface area contributed by atoms with E-state index < -0.39 is 0 Å². The molecule has 3 heteroatoms. The van der Waals surface area contributed by atoms with Gasteiger partial charge in [0.2, 0.25) is 0 Å². The lowest BCUT2D eigenvalue weighted by Gasteiger charge is -2.04. The number of anilines is 1.